The molecule has 28 heavy (non-hydrogen) atoms. The number of carbonyl (C=O) groups is 2. The average Bonchev–Trinajstić information content (AvgIpc) is 3.32. The molecule has 144 valence electrons. The number of aliphatic hydroxyl groups is 1. The van der Waals surface area contributed by atoms with Crippen LogP contribution in [0.3, 0.4) is 0 Å². The van der Waals surface area contributed by atoms with E-state index >= 15 is 0 Å². The van der Waals surface area contributed by atoms with Gasteiger partial charge in [0.15, 0.2) is 0 Å². The van der Waals surface area contributed by atoms with E-state index < -0.39 is 12.1 Å². The molecule has 0 bridgehead atoms. The molecule has 1 aliphatic heterocycles. The molecule has 2 amide bonds. The zero-order valence-corrected chi connectivity index (χ0v) is 15.7. The van der Waals surface area contributed by atoms with Crippen LogP contribution < -0.4 is 5.32 Å². The van der Waals surface area contributed by atoms with Gasteiger partial charge in [-0.05, 0) is 35.9 Å². The van der Waals surface area contributed by atoms with E-state index in [1.807, 2.05) is 12.1 Å². The first-order valence-electron chi connectivity index (χ1n) is 8.95. The van der Waals surface area contributed by atoms with Crippen molar-refractivity contribution in [2.24, 2.45) is 0 Å². The lowest BCUT2D eigenvalue weighted by Crippen LogP contribution is -2.45. The third-order valence-electron chi connectivity index (χ3n) is 4.91. The van der Waals surface area contributed by atoms with Crippen molar-refractivity contribution >= 4 is 34.3 Å². The number of aromatic nitrogens is 2. The number of rotatable bonds is 4. The predicted octanol–water partition coefficient (Wildman–Crippen LogP) is 2.11. The van der Waals surface area contributed by atoms with Crippen LogP contribution in [0.25, 0.3) is 10.9 Å². The van der Waals surface area contributed by atoms with Crippen molar-refractivity contribution in [3.05, 3.63) is 64.8 Å². The Balaban J connectivity index is 1.48. The number of likely N-dealkylation sites (tertiary alicyclic amines) is 1. The highest BCUT2D eigenvalue weighted by atomic mass is 35.5. The first-order valence-corrected chi connectivity index (χ1v) is 9.33. The summed E-state index contributed by atoms with van der Waals surface area (Å²) in [6.07, 6.45) is 1.13. The summed E-state index contributed by atoms with van der Waals surface area (Å²) in [6.45, 7) is 0.451. The van der Waals surface area contributed by atoms with Gasteiger partial charge in [-0.25, -0.2) is 0 Å². The molecular formula is C20H19ClN4O3. The maximum atomic E-state index is 13.0. The topological polar surface area (TPSA) is 98.3 Å². The Morgan fingerprint density at radius 3 is 2.82 bits per heavy atom. The van der Waals surface area contributed by atoms with Gasteiger partial charge in [0, 0.05) is 35.5 Å². The number of carbonyl (C=O) groups excluding carboxylic acids is 2. The number of hydrogen-bond donors (Lipinski definition) is 3. The van der Waals surface area contributed by atoms with E-state index in [0.29, 0.717) is 17.1 Å². The van der Waals surface area contributed by atoms with Crippen molar-refractivity contribution < 1.29 is 14.7 Å². The van der Waals surface area contributed by atoms with Crippen molar-refractivity contribution in [3.63, 3.8) is 0 Å². The van der Waals surface area contributed by atoms with Crippen LogP contribution in [0.5, 0.6) is 0 Å². The number of nitrogens with zero attached hydrogens (tertiary/aromatic N) is 2. The van der Waals surface area contributed by atoms with Crippen molar-refractivity contribution in [2.45, 2.75) is 25.1 Å². The average molecular weight is 399 g/mol. The second-order valence-electron chi connectivity index (χ2n) is 6.88. The van der Waals surface area contributed by atoms with Crippen LogP contribution in [-0.4, -0.2) is 50.7 Å². The first kappa shape index (κ1) is 18.5. The number of H-pyrrole nitrogens is 1. The summed E-state index contributed by atoms with van der Waals surface area (Å²) in [6, 6.07) is 11.6. The summed E-state index contributed by atoms with van der Waals surface area (Å²) < 4.78 is 0. The number of amides is 2. The van der Waals surface area contributed by atoms with Gasteiger partial charge < -0.3 is 15.3 Å². The van der Waals surface area contributed by atoms with Crippen LogP contribution in [0.2, 0.25) is 5.02 Å². The Bertz CT molecular complexity index is 1020. The summed E-state index contributed by atoms with van der Waals surface area (Å²) in [7, 11) is 0. The number of hydrogen-bond acceptors (Lipinski definition) is 4. The largest absolute Gasteiger partial charge is 0.391 e. The SMILES string of the molecule is O=C(NCc1ccc(Cl)cc1)[C@@H]1C[C@@H](O)CN1C(=O)c1ccc2[nH]ncc2c1. The number of aliphatic hydroxyl groups excluding tert-OH is 1. The van der Waals surface area contributed by atoms with E-state index in [1.54, 1.807) is 36.5 Å². The highest BCUT2D eigenvalue weighted by Gasteiger charge is 2.39. The smallest absolute Gasteiger partial charge is 0.254 e. The van der Waals surface area contributed by atoms with Crippen LogP contribution in [0.1, 0.15) is 22.3 Å². The molecule has 2 atom stereocenters. The number of benzene rings is 2. The summed E-state index contributed by atoms with van der Waals surface area (Å²) in [4.78, 5) is 27.1. The number of β-amino-alcohol motifs (C(OH)–C–C–N with tert-alkyl or cyclic N) is 1. The quantitative estimate of drug-likeness (QED) is 0.626. The Morgan fingerprint density at radius 2 is 2.04 bits per heavy atom. The second kappa shape index (κ2) is 7.61. The third kappa shape index (κ3) is 3.72. The summed E-state index contributed by atoms with van der Waals surface area (Å²) in [5.41, 5.74) is 2.19. The molecule has 1 aromatic heterocycles. The van der Waals surface area contributed by atoms with Crippen LogP contribution in [0, 0.1) is 0 Å². The molecule has 2 aromatic carbocycles. The van der Waals surface area contributed by atoms with E-state index in [-0.39, 0.29) is 24.8 Å². The number of fused-ring (bicyclic) bond motifs is 1. The lowest BCUT2D eigenvalue weighted by atomic mass is 10.1. The molecule has 1 saturated heterocycles. The fourth-order valence-electron chi connectivity index (χ4n) is 3.44. The highest BCUT2D eigenvalue weighted by Crippen LogP contribution is 2.23. The van der Waals surface area contributed by atoms with Gasteiger partial charge in [0.2, 0.25) is 5.91 Å². The maximum absolute atomic E-state index is 13.0. The molecule has 4 rings (SSSR count). The van der Waals surface area contributed by atoms with Crippen LogP contribution >= 0.6 is 11.6 Å². The van der Waals surface area contributed by atoms with E-state index in [0.717, 1.165) is 16.5 Å². The van der Waals surface area contributed by atoms with E-state index in [2.05, 4.69) is 15.5 Å². The van der Waals surface area contributed by atoms with Gasteiger partial charge in [0.05, 0.1) is 17.8 Å². The normalized spacial score (nSPS) is 19.1. The molecule has 3 N–H and O–H groups in total. The highest BCUT2D eigenvalue weighted by molar-refractivity contribution is 6.30. The van der Waals surface area contributed by atoms with E-state index in [4.69, 9.17) is 11.6 Å². The van der Waals surface area contributed by atoms with Gasteiger partial charge in [-0.3, -0.25) is 14.7 Å². The molecule has 7 nitrogen and oxygen atoms in total. The lowest BCUT2D eigenvalue weighted by molar-refractivity contribution is -0.125. The minimum Gasteiger partial charge on any atom is -0.391 e. The predicted molar refractivity (Wildman–Crippen MR) is 105 cm³/mol. The fourth-order valence-corrected chi connectivity index (χ4v) is 3.56. The molecule has 0 unspecified atom stereocenters. The van der Waals surface area contributed by atoms with Crippen molar-refractivity contribution in [2.75, 3.05) is 6.54 Å². The van der Waals surface area contributed by atoms with Crippen LogP contribution in [0.15, 0.2) is 48.7 Å². The maximum Gasteiger partial charge on any atom is 0.254 e. The summed E-state index contributed by atoms with van der Waals surface area (Å²) in [5, 5.41) is 21.1. The summed E-state index contributed by atoms with van der Waals surface area (Å²) >= 11 is 5.87. The van der Waals surface area contributed by atoms with Crippen molar-refractivity contribution in [3.8, 4) is 0 Å². The fraction of sp³-hybridized carbons (Fsp3) is 0.250. The van der Waals surface area contributed by atoms with Gasteiger partial charge in [0.1, 0.15) is 6.04 Å². The van der Waals surface area contributed by atoms with Gasteiger partial charge in [-0.15, -0.1) is 0 Å². The molecule has 0 spiro atoms. The molecule has 0 radical (unpaired) electrons. The standard InChI is InChI=1S/C20H19ClN4O3/c21-15-4-1-12(2-5-15)9-22-19(27)18-8-16(26)11-25(18)20(28)13-3-6-17-14(7-13)10-23-24-17/h1-7,10,16,18,26H,8-9,11H2,(H,22,27)(H,23,24)/t16-,18+/m1/s1. The van der Waals surface area contributed by atoms with E-state index in [1.165, 1.54) is 4.90 Å². The number of aromatic amines is 1. The Labute approximate surface area is 166 Å². The number of halogens is 1. The first-order chi connectivity index (χ1) is 13.5. The molecule has 8 heteroatoms. The third-order valence-corrected chi connectivity index (χ3v) is 5.16. The minimum atomic E-state index is -0.729. The summed E-state index contributed by atoms with van der Waals surface area (Å²) in [5.74, 6) is -0.574. The van der Waals surface area contributed by atoms with Crippen molar-refractivity contribution in [1.82, 2.24) is 20.4 Å². The molecular weight excluding hydrogens is 380 g/mol. The van der Waals surface area contributed by atoms with Crippen LogP contribution in [0.4, 0.5) is 0 Å². The Morgan fingerprint density at radius 1 is 1.25 bits per heavy atom. The zero-order valence-electron chi connectivity index (χ0n) is 14.9. The van der Waals surface area contributed by atoms with E-state index in [9.17, 15) is 14.7 Å². The molecule has 0 aliphatic carbocycles. The zero-order chi connectivity index (χ0) is 19.7. The monoisotopic (exact) mass is 398 g/mol. The lowest BCUT2D eigenvalue weighted by Gasteiger charge is -2.24. The van der Waals surface area contributed by atoms with Gasteiger partial charge >= 0.3 is 0 Å². The molecule has 1 aliphatic rings. The van der Waals surface area contributed by atoms with Gasteiger partial charge in [-0.1, -0.05) is 23.7 Å². The van der Waals surface area contributed by atoms with Crippen molar-refractivity contribution in [1.29, 1.82) is 0 Å². The Kier molecular flexibility index (Phi) is 5.02. The van der Waals surface area contributed by atoms with Crippen LogP contribution in [-0.2, 0) is 11.3 Å². The molecule has 1 fully saturated rings. The number of nitrogens with one attached hydrogen (secondary N) is 2. The second-order valence-corrected chi connectivity index (χ2v) is 7.32. The molecule has 0 saturated carbocycles. The van der Waals surface area contributed by atoms with Gasteiger partial charge in [0.25, 0.3) is 5.91 Å². The van der Waals surface area contributed by atoms with Gasteiger partial charge in [-0.2, -0.15) is 5.10 Å². The molecule has 3 aromatic rings. The Hall–Kier alpha value is -2.90. The minimum absolute atomic E-state index is 0.126. The molecule has 2 heterocycles.